The highest BCUT2D eigenvalue weighted by molar-refractivity contribution is 5.98. The van der Waals surface area contributed by atoms with Gasteiger partial charge in [0.15, 0.2) is 0 Å². The van der Waals surface area contributed by atoms with Crippen LogP contribution in [-0.4, -0.2) is 46.5 Å². The summed E-state index contributed by atoms with van der Waals surface area (Å²) < 4.78 is 1.35. The van der Waals surface area contributed by atoms with E-state index in [0.29, 0.717) is 12.1 Å². The number of hydrogen-bond acceptors (Lipinski definition) is 6. The first kappa shape index (κ1) is 21.0. The van der Waals surface area contributed by atoms with Gasteiger partial charge in [0.05, 0.1) is 6.20 Å². The van der Waals surface area contributed by atoms with E-state index in [1.54, 1.807) is 17.2 Å². The van der Waals surface area contributed by atoms with Crippen molar-refractivity contribution in [3.63, 3.8) is 0 Å². The lowest BCUT2D eigenvalue weighted by Crippen LogP contribution is -2.33. The zero-order valence-corrected chi connectivity index (χ0v) is 16.8. The molecule has 0 radical (unpaired) electrons. The van der Waals surface area contributed by atoms with Crippen LogP contribution < -0.4 is 10.5 Å². The fourth-order valence-electron chi connectivity index (χ4n) is 2.83. The minimum atomic E-state index is -0.233. The molecular formula is C21H27N5O2. The van der Waals surface area contributed by atoms with Gasteiger partial charge in [-0.3, -0.25) is 9.36 Å². The third-order valence-corrected chi connectivity index (χ3v) is 4.41. The third kappa shape index (κ3) is 5.09. The highest BCUT2D eigenvalue weighted by Gasteiger charge is 2.17. The summed E-state index contributed by atoms with van der Waals surface area (Å²) in [6.45, 7) is 5.55. The van der Waals surface area contributed by atoms with Crippen LogP contribution >= 0.6 is 0 Å². The molecule has 1 aromatic heterocycles. The predicted octanol–water partition coefficient (Wildman–Crippen LogP) is 3.32. The second-order valence-electron chi connectivity index (χ2n) is 6.62. The number of aliphatic hydroxyl groups excluding tert-OH is 1. The van der Waals surface area contributed by atoms with E-state index < -0.39 is 0 Å². The molecule has 0 aliphatic carbocycles. The number of anilines is 1. The molecule has 1 aliphatic heterocycles. The van der Waals surface area contributed by atoms with Gasteiger partial charge in [-0.15, -0.1) is 0 Å². The van der Waals surface area contributed by atoms with E-state index >= 15 is 0 Å². The van der Waals surface area contributed by atoms with Crippen molar-refractivity contribution in [2.24, 2.45) is 4.99 Å². The van der Waals surface area contributed by atoms with Gasteiger partial charge in [-0.25, -0.2) is 9.98 Å². The molecule has 0 unspecified atom stereocenters. The molecule has 1 aliphatic rings. The molecule has 0 amide bonds. The topological polar surface area (TPSA) is 74.0 Å². The van der Waals surface area contributed by atoms with Crippen LogP contribution in [0.15, 0.2) is 76.4 Å². The Morgan fingerprint density at radius 1 is 1.36 bits per heavy atom. The van der Waals surface area contributed by atoms with Crippen molar-refractivity contribution in [2.75, 3.05) is 26.0 Å². The molecule has 0 spiro atoms. The van der Waals surface area contributed by atoms with Crippen molar-refractivity contribution in [1.29, 1.82) is 0 Å². The predicted molar refractivity (Wildman–Crippen MR) is 115 cm³/mol. The molecule has 0 atom stereocenters. The van der Waals surface area contributed by atoms with Crippen LogP contribution in [0.2, 0.25) is 0 Å². The third-order valence-electron chi connectivity index (χ3n) is 4.41. The van der Waals surface area contributed by atoms with Crippen LogP contribution in [0, 0.1) is 0 Å². The summed E-state index contributed by atoms with van der Waals surface area (Å²) in [6.07, 6.45) is 14.0. The fourth-order valence-corrected chi connectivity index (χ4v) is 2.83. The number of hydrogen-bond donors (Lipinski definition) is 1. The molecule has 2 rings (SSSR count). The molecule has 0 saturated carbocycles. The standard InChI is InChI=1S/C21H27N5O2/c1-6-17(27)9-8-12-26-15-22-14-19(21(26)28)25(5)20-13-16(2)18(24(3)4)10-7-11-23-20/h6-9,11-12,14-15,27H,1,10,13H2,2-5H3/b11-7?,12-8+,17-9+,18-16+,23-20?. The summed E-state index contributed by atoms with van der Waals surface area (Å²) >= 11 is 0. The molecule has 1 aromatic rings. The molecule has 2 heterocycles. The largest absolute Gasteiger partial charge is 0.508 e. The average Bonchev–Trinajstić information content (AvgIpc) is 2.65. The Bertz CT molecular complexity index is 932. The Morgan fingerprint density at radius 3 is 2.79 bits per heavy atom. The van der Waals surface area contributed by atoms with Crippen LogP contribution in [0.1, 0.15) is 19.8 Å². The van der Waals surface area contributed by atoms with E-state index in [4.69, 9.17) is 0 Å². The molecule has 28 heavy (non-hydrogen) atoms. The molecule has 1 N–H and O–H groups in total. The van der Waals surface area contributed by atoms with Gasteiger partial charge in [0, 0.05) is 52.1 Å². The van der Waals surface area contributed by atoms with Gasteiger partial charge in [-0.05, 0) is 30.7 Å². The zero-order valence-electron chi connectivity index (χ0n) is 16.8. The Morgan fingerprint density at radius 2 is 2.11 bits per heavy atom. The monoisotopic (exact) mass is 381 g/mol. The Hall–Kier alpha value is -3.35. The second-order valence-corrected chi connectivity index (χ2v) is 6.62. The highest BCUT2D eigenvalue weighted by atomic mass is 16.3. The van der Waals surface area contributed by atoms with Crippen molar-refractivity contribution >= 4 is 17.7 Å². The maximum Gasteiger partial charge on any atom is 0.281 e. The average molecular weight is 381 g/mol. The Kier molecular flexibility index (Phi) is 7.14. The molecule has 0 fully saturated rings. The summed E-state index contributed by atoms with van der Waals surface area (Å²) in [5.41, 5.74) is 2.62. The SMILES string of the molecule is C=C/C(O)=C\C=C\n1cncc(N(C)C2=NC=CC/C(N(C)C)=C(/C)C2)c1=O. The van der Waals surface area contributed by atoms with Gasteiger partial charge in [-0.2, -0.15) is 0 Å². The van der Waals surface area contributed by atoms with Crippen LogP contribution in [0.25, 0.3) is 6.20 Å². The highest BCUT2D eigenvalue weighted by Crippen LogP contribution is 2.20. The van der Waals surface area contributed by atoms with Gasteiger partial charge >= 0.3 is 0 Å². The summed E-state index contributed by atoms with van der Waals surface area (Å²) in [5.74, 6) is 0.776. The van der Waals surface area contributed by atoms with Crippen LogP contribution in [0.4, 0.5) is 5.69 Å². The molecule has 0 aromatic carbocycles. The minimum absolute atomic E-state index is 0.0140. The van der Waals surface area contributed by atoms with Gasteiger partial charge < -0.3 is 14.9 Å². The summed E-state index contributed by atoms with van der Waals surface area (Å²) in [7, 11) is 5.87. The van der Waals surface area contributed by atoms with Gasteiger partial charge in [0.1, 0.15) is 23.6 Å². The van der Waals surface area contributed by atoms with E-state index in [1.165, 1.54) is 46.7 Å². The maximum atomic E-state index is 12.8. The molecular weight excluding hydrogens is 354 g/mol. The van der Waals surface area contributed by atoms with Crippen molar-refractivity contribution in [1.82, 2.24) is 14.5 Å². The van der Waals surface area contributed by atoms with E-state index in [-0.39, 0.29) is 11.3 Å². The van der Waals surface area contributed by atoms with E-state index in [2.05, 4.69) is 28.4 Å². The molecule has 0 saturated heterocycles. The van der Waals surface area contributed by atoms with E-state index in [0.717, 1.165) is 12.3 Å². The summed E-state index contributed by atoms with van der Waals surface area (Å²) in [4.78, 5) is 25.4. The Labute approximate surface area is 165 Å². The van der Waals surface area contributed by atoms with Crippen molar-refractivity contribution in [2.45, 2.75) is 19.8 Å². The van der Waals surface area contributed by atoms with Crippen LogP contribution in [0.5, 0.6) is 0 Å². The maximum absolute atomic E-state index is 12.8. The first-order valence-electron chi connectivity index (χ1n) is 8.92. The lowest BCUT2D eigenvalue weighted by atomic mass is 10.1. The van der Waals surface area contributed by atoms with Gasteiger partial charge in [0.2, 0.25) is 0 Å². The number of allylic oxidation sites excluding steroid dienone is 4. The minimum Gasteiger partial charge on any atom is -0.508 e. The van der Waals surface area contributed by atoms with E-state index in [9.17, 15) is 9.90 Å². The first-order valence-corrected chi connectivity index (χ1v) is 8.92. The van der Waals surface area contributed by atoms with E-state index in [1.807, 2.05) is 27.2 Å². The smallest absolute Gasteiger partial charge is 0.281 e. The fraction of sp³-hybridized carbons (Fsp3) is 0.286. The number of aromatic nitrogens is 2. The number of amidine groups is 1. The van der Waals surface area contributed by atoms with Crippen molar-refractivity contribution in [3.8, 4) is 0 Å². The van der Waals surface area contributed by atoms with Crippen molar-refractivity contribution in [3.05, 3.63) is 77.0 Å². The van der Waals surface area contributed by atoms with Crippen LogP contribution in [-0.2, 0) is 0 Å². The molecule has 7 heteroatoms. The van der Waals surface area contributed by atoms with Crippen molar-refractivity contribution < 1.29 is 5.11 Å². The lowest BCUT2D eigenvalue weighted by Gasteiger charge is -2.25. The summed E-state index contributed by atoms with van der Waals surface area (Å²) in [6, 6.07) is 0. The second kappa shape index (κ2) is 9.55. The first-order chi connectivity index (χ1) is 13.3. The quantitative estimate of drug-likeness (QED) is 0.626. The molecule has 0 bridgehead atoms. The van der Waals surface area contributed by atoms with Gasteiger partial charge in [0.25, 0.3) is 5.56 Å². The number of aliphatic hydroxyl groups is 1. The zero-order chi connectivity index (χ0) is 20.7. The molecule has 148 valence electrons. The Balaban J connectivity index is 2.36. The number of nitrogens with zero attached hydrogens (tertiary/aromatic N) is 5. The summed E-state index contributed by atoms with van der Waals surface area (Å²) in [5, 5.41) is 9.40. The molecule has 7 nitrogen and oxygen atoms in total. The normalized spacial score (nSPS) is 17.9. The van der Waals surface area contributed by atoms with Gasteiger partial charge in [-0.1, -0.05) is 12.7 Å². The lowest BCUT2D eigenvalue weighted by molar-refractivity contribution is 0.433. The van der Waals surface area contributed by atoms with Crippen LogP contribution in [0.3, 0.4) is 0 Å². The number of rotatable bonds is 5. The number of aliphatic imine (C=N–C) groups is 1.